The highest BCUT2D eigenvalue weighted by atomic mass is 79.9. The van der Waals surface area contributed by atoms with E-state index in [1.807, 2.05) is 0 Å². The fourth-order valence-corrected chi connectivity index (χ4v) is 3.38. The molecule has 0 saturated carbocycles. The van der Waals surface area contributed by atoms with Crippen LogP contribution in [0.15, 0.2) is 36.4 Å². The van der Waals surface area contributed by atoms with Crippen molar-refractivity contribution in [3.63, 3.8) is 0 Å². The van der Waals surface area contributed by atoms with E-state index < -0.39 is 0 Å². The molecule has 0 spiro atoms. The van der Waals surface area contributed by atoms with Gasteiger partial charge in [0.2, 0.25) is 5.69 Å². The second kappa shape index (κ2) is 7.24. The Hall–Kier alpha value is -0.710. The molecule has 2 aromatic carbocycles. The zero-order valence-electron chi connectivity index (χ0n) is 13.4. The smallest absolute Gasteiger partial charge is 0.210 e. The average molecular weight is 428 g/mol. The Balaban J connectivity index is 0.00000121. The molecule has 2 N–H and O–H groups in total. The molecule has 3 rings (SSSR count). The molecule has 22 heavy (non-hydrogen) atoms. The van der Waals surface area contributed by atoms with Crippen molar-refractivity contribution in [3.8, 4) is 0 Å². The first-order valence-corrected chi connectivity index (χ1v) is 7.41. The summed E-state index contributed by atoms with van der Waals surface area (Å²) in [6.07, 6.45) is 1.03. The summed E-state index contributed by atoms with van der Waals surface area (Å²) in [5.74, 6) is 0. The van der Waals surface area contributed by atoms with E-state index in [0.717, 1.165) is 19.5 Å². The van der Waals surface area contributed by atoms with Gasteiger partial charge in [0.1, 0.15) is 6.54 Å². The molecule has 0 amide bonds. The molecular formula is C18H24Br2N2. The van der Waals surface area contributed by atoms with E-state index in [2.05, 4.69) is 61.7 Å². The molecule has 0 aliphatic carbocycles. The summed E-state index contributed by atoms with van der Waals surface area (Å²) < 4.78 is 2.45. The molecule has 0 bridgehead atoms. The van der Waals surface area contributed by atoms with Crippen LogP contribution in [-0.4, -0.2) is 23.4 Å². The Morgan fingerprint density at radius 1 is 1.09 bits per heavy atom. The molecule has 0 unspecified atom stereocenters. The Bertz CT molecular complexity index is 705. The number of halogens is 2. The number of hydrogen-bond acceptors (Lipinski definition) is 1. The van der Waals surface area contributed by atoms with E-state index in [4.69, 9.17) is 5.73 Å². The van der Waals surface area contributed by atoms with E-state index in [1.54, 1.807) is 0 Å². The van der Waals surface area contributed by atoms with E-state index in [-0.39, 0.29) is 39.4 Å². The molecule has 120 valence electrons. The van der Waals surface area contributed by atoms with Crippen molar-refractivity contribution in [1.29, 1.82) is 0 Å². The first-order chi connectivity index (χ1) is 9.57. The number of benzene rings is 2. The largest absolute Gasteiger partial charge is 1.00 e. The van der Waals surface area contributed by atoms with Crippen LogP contribution in [0, 0.1) is 0 Å². The SMILES string of the molecule is Br.CC1=[N+](CCCN)c2ccc3ccccc3c2C1(C)C.[Br-]. The Morgan fingerprint density at radius 3 is 2.45 bits per heavy atom. The van der Waals surface area contributed by atoms with Crippen molar-refractivity contribution in [2.24, 2.45) is 5.73 Å². The maximum Gasteiger partial charge on any atom is 0.210 e. The minimum atomic E-state index is 0. The van der Waals surface area contributed by atoms with Crippen LogP contribution in [0.4, 0.5) is 5.69 Å². The lowest BCUT2D eigenvalue weighted by atomic mass is 9.80. The van der Waals surface area contributed by atoms with Crippen molar-refractivity contribution in [2.75, 3.05) is 13.1 Å². The molecule has 0 saturated heterocycles. The summed E-state index contributed by atoms with van der Waals surface area (Å²) in [7, 11) is 0. The van der Waals surface area contributed by atoms with Gasteiger partial charge < -0.3 is 22.7 Å². The summed E-state index contributed by atoms with van der Waals surface area (Å²) in [5.41, 5.74) is 10.0. The van der Waals surface area contributed by atoms with Gasteiger partial charge in [-0.3, -0.25) is 0 Å². The molecule has 1 heterocycles. The number of hydrogen-bond donors (Lipinski definition) is 1. The van der Waals surface area contributed by atoms with E-state index >= 15 is 0 Å². The molecule has 0 aromatic heterocycles. The normalized spacial score (nSPS) is 15.3. The van der Waals surface area contributed by atoms with E-state index in [1.165, 1.54) is 27.7 Å². The summed E-state index contributed by atoms with van der Waals surface area (Å²) >= 11 is 0. The Kier molecular flexibility index (Phi) is 6.36. The van der Waals surface area contributed by atoms with Crippen molar-refractivity contribution >= 4 is 39.2 Å². The fourth-order valence-electron chi connectivity index (χ4n) is 3.38. The molecule has 0 atom stereocenters. The van der Waals surface area contributed by atoms with Crippen molar-refractivity contribution < 1.29 is 21.6 Å². The topological polar surface area (TPSA) is 29.0 Å². The number of nitrogens with zero attached hydrogens (tertiary/aromatic N) is 1. The lowest BCUT2D eigenvalue weighted by Crippen LogP contribution is -3.00. The number of fused-ring (bicyclic) bond motifs is 3. The van der Waals surface area contributed by atoms with Gasteiger partial charge in [-0.2, -0.15) is 4.58 Å². The average Bonchev–Trinajstić information content (AvgIpc) is 2.65. The third-order valence-corrected chi connectivity index (χ3v) is 4.72. The summed E-state index contributed by atoms with van der Waals surface area (Å²) in [4.78, 5) is 0. The Labute approximate surface area is 153 Å². The summed E-state index contributed by atoms with van der Waals surface area (Å²) in [5, 5.41) is 2.71. The second-order valence-corrected chi connectivity index (χ2v) is 6.19. The first-order valence-electron chi connectivity index (χ1n) is 7.41. The van der Waals surface area contributed by atoms with Crippen LogP contribution < -0.4 is 22.7 Å². The molecule has 0 radical (unpaired) electrons. The zero-order valence-corrected chi connectivity index (χ0v) is 16.7. The van der Waals surface area contributed by atoms with Crippen LogP contribution in [0.1, 0.15) is 32.8 Å². The molecular weight excluding hydrogens is 404 g/mol. The summed E-state index contributed by atoms with van der Waals surface area (Å²) in [6.45, 7) is 8.67. The highest BCUT2D eigenvalue weighted by molar-refractivity contribution is 8.93. The van der Waals surface area contributed by atoms with Crippen LogP contribution in [0.5, 0.6) is 0 Å². The monoisotopic (exact) mass is 426 g/mol. The van der Waals surface area contributed by atoms with Crippen LogP contribution >= 0.6 is 17.0 Å². The van der Waals surface area contributed by atoms with Gasteiger partial charge in [-0.25, -0.2) is 0 Å². The lowest BCUT2D eigenvalue weighted by molar-refractivity contribution is -0.439. The lowest BCUT2D eigenvalue weighted by Gasteiger charge is -2.17. The fraction of sp³-hybridized carbons (Fsp3) is 0.389. The quantitative estimate of drug-likeness (QED) is 0.732. The molecule has 1 aliphatic rings. The molecule has 2 aromatic rings. The van der Waals surface area contributed by atoms with E-state index in [9.17, 15) is 0 Å². The third kappa shape index (κ3) is 2.89. The number of rotatable bonds is 3. The minimum Gasteiger partial charge on any atom is -1.00 e. The number of nitrogens with two attached hydrogens (primary N) is 1. The van der Waals surface area contributed by atoms with Crippen LogP contribution in [0.2, 0.25) is 0 Å². The first kappa shape index (κ1) is 19.3. The van der Waals surface area contributed by atoms with Gasteiger partial charge in [-0.1, -0.05) is 24.3 Å². The zero-order chi connectivity index (χ0) is 14.3. The molecule has 4 heteroatoms. The predicted octanol–water partition coefficient (Wildman–Crippen LogP) is 1.17. The van der Waals surface area contributed by atoms with Crippen LogP contribution in [-0.2, 0) is 5.41 Å². The van der Waals surface area contributed by atoms with Gasteiger partial charge in [0.25, 0.3) is 0 Å². The maximum absolute atomic E-state index is 5.69. The predicted molar refractivity (Wildman–Crippen MR) is 96.4 cm³/mol. The highest BCUT2D eigenvalue weighted by Gasteiger charge is 2.43. The van der Waals surface area contributed by atoms with Gasteiger partial charge >= 0.3 is 0 Å². The third-order valence-electron chi connectivity index (χ3n) is 4.72. The van der Waals surface area contributed by atoms with Gasteiger partial charge in [0.15, 0.2) is 5.71 Å². The standard InChI is InChI=1S/C18H23N2.2BrH/c1-13-18(2,3)17-15-8-5-4-7-14(15)9-10-16(17)20(13)12-6-11-19;;/h4-5,7-10H,6,11-12,19H2,1-3H3;2*1H/q+1;;/p-1. The van der Waals surface area contributed by atoms with Crippen LogP contribution in [0.3, 0.4) is 0 Å². The van der Waals surface area contributed by atoms with Crippen molar-refractivity contribution in [2.45, 2.75) is 32.6 Å². The van der Waals surface area contributed by atoms with E-state index in [0.29, 0.717) is 0 Å². The van der Waals surface area contributed by atoms with Gasteiger partial charge in [0, 0.05) is 25.0 Å². The summed E-state index contributed by atoms with van der Waals surface area (Å²) in [6, 6.07) is 13.2. The minimum absolute atomic E-state index is 0. The molecule has 1 aliphatic heterocycles. The van der Waals surface area contributed by atoms with Gasteiger partial charge in [-0.05, 0) is 37.2 Å². The van der Waals surface area contributed by atoms with Crippen LogP contribution in [0.25, 0.3) is 10.8 Å². The second-order valence-electron chi connectivity index (χ2n) is 6.19. The highest BCUT2D eigenvalue weighted by Crippen LogP contribution is 2.43. The molecule has 2 nitrogen and oxygen atoms in total. The Morgan fingerprint density at radius 2 is 1.77 bits per heavy atom. The van der Waals surface area contributed by atoms with Gasteiger partial charge in [-0.15, -0.1) is 17.0 Å². The van der Waals surface area contributed by atoms with Crippen molar-refractivity contribution in [3.05, 3.63) is 42.0 Å². The van der Waals surface area contributed by atoms with Gasteiger partial charge in [0.05, 0.1) is 5.41 Å². The maximum atomic E-state index is 5.69. The molecule has 0 fully saturated rings. The van der Waals surface area contributed by atoms with Crippen molar-refractivity contribution in [1.82, 2.24) is 0 Å².